The summed E-state index contributed by atoms with van der Waals surface area (Å²) >= 11 is 0. The van der Waals surface area contributed by atoms with Crippen molar-refractivity contribution in [2.24, 2.45) is 0 Å². The largest absolute Gasteiger partial charge is 0.357 e. The van der Waals surface area contributed by atoms with Crippen molar-refractivity contribution in [3.8, 4) is 0 Å². The number of hydrogen-bond donors (Lipinski definition) is 3. The van der Waals surface area contributed by atoms with Gasteiger partial charge < -0.3 is 10.6 Å². The minimum absolute atomic E-state index is 0.202. The normalized spacial score (nSPS) is 23.4. The van der Waals surface area contributed by atoms with Gasteiger partial charge in [0, 0.05) is 25.6 Å². The highest BCUT2D eigenvalue weighted by Crippen LogP contribution is 2.15. The smallest absolute Gasteiger partial charge is 0.249 e. The van der Waals surface area contributed by atoms with E-state index in [0.717, 1.165) is 25.3 Å². The molecule has 7 heteroatoms. The van der Waals surface area contributed by atoms with E-state index >= 15 is 0 Å². The second-order valence-corrected chi connectivity index (χ2v) is 4.57. The van der Waals surface area contributed by atoms with Crippen molar-refractivity contribution < 1.29 is 9.59 Å². The van der Waals surface area contributed by atoms with E-state index in [-0.39, 0.29) is 17.9 Å². The molecule has 0 saturated carbocycles. The van der Waals surface area contributed by atoms with Gasteiger partial charge in [0.15, 0.2) is 0 Å². The number of anilines is 1. The second-order valence-electron chi connectivity index (χ2n) is 4.57. The standard InChI is InChI=1S/C11H15N5O2/c17-10-2-1-8(11(18)14-10)13-9-5-7-6-12-3-4-16(7)15-9/h5,8,12H,1-4,6H2,(H,13,15)(H,14,17,18). The van der Waals surface area contributed by atoms with Crippen molar-refractivity contribution in [3.05, 3.63) is 11.8 Å². The van der Waals surface area contributed by atoms with Crippen LogP contribution in [0.2, 0.25) is 0 Å². The lowest BCUT2D eigenvalue weighted by Gasteiger charge is -2.21. The van der Waals surface area contributed by atoms with Gasteiger partial charge in [0.2, 0.25) is 11.8 Å². The molecular weight excluding hydrogens is 234 g/mol. The summed E-state index contributed by atoms with van der Waals surface area (Å²) in [5.74, 6) is 0.227. The zero-order chi connectivity index (χ0) is 12.5. The van der Waals surface area contributed by atoms with Crippen molar-refractivity contribution in [2.45, 2.75) is 32.0 Å². The molecule has 0 aliphatic carbocycles. The molecule has 1 aromatic rings. The van der Waals surface area contributed by atoms with Gasteiger partial charge in [-0.15, -0.1) is 0 Å². The Hall–Kier alpha value is -1.89. The molecule has 18 heavy (non-hydrogen) atoms. The van der Waals surface area contributed by atoms with Gasteiger partial charge >= 0.3 is 0 Å². The molecule has 3 heterocycles. The third kappa shape index (κ3) is 2.08. The molecule has 1 unspecified atom stereocenters. The highest BCUT2D eigenvalue weighted by atomic mass is 16.2. The summed E-state index contributed by atoms with van der Waals surface area (Å²) in [7, 11) is 0. The van der Waals surface area contributed by atoms with Crippen LogP contribution in [0, 0.1) is 0 Å². The van der Waals surface area contributed by atoms with E-state index in [9.17, 15) is 9.59 Å². The minimum atomic E-state index is -0.368. The summed E-state index contributed by atoms with van der Waals surface area (Å²) < 4.78 is 1.94. The fourth-order valence-corrected chi connectivity index (χ4v) is 2.27. The molecule has 0 spiro atoms. The Balaban J connectivity index is 1.70. The number of imide groups is 1. The number of piperidine rings is 1. The van der Waals surface area contributed by atoms with Crippen molar-refractivity contribution in [1.29, 1.82) is 0 Å². The maximum absolute atomic E-state index is 11.6. The second kappa shape index (κ2) is 4.41. The molecule has 7 nitrogen and oxygen atoms in total. The predicted octanol–water partition coefficient (Wildman–Crippen LogP) is -0.797. The number of hydrogen-bond acceptors (Lipinski definition) is 5. The van der Waals surface area contributed by atoms with Crippen molar-refractivity contribution in [1.82, 2.24) is 20.4 Å². The fraction of sp³-hybridized carbons (Fsp3) is 0.545. The quantitative estimate of drug-likeness (QED) is 0.597. The summed E-state index contributed by atoms with van der Waals surface area (Å²) in [4.78, 5) is 22.7. The Morgan fingerprint density at radius 1 is 1.44 bits per heavy atom. The SMILES string of the molecule is O=C1CCC(Nc2cc3n(n2)CCNC3)C(=O)N1. The summed E-state index contributed by atoms with van der Waals surface area (Å²) in [6.45, 7) is 2.54. The van der Waals surface area contributed by atoms with Crippen LogP contribution in [0.5, 0.6) is 0 Å². The zero-order valence-electron chi connectivity index (χ0n) is 9.90. The van der Waals surface area contributed by atoms with Crippen LogP contribution in [0.3, 0.4) is 0 Å². The molecule has 1 saturated heterocycles. The molecule has 2 aliphatic rings. The third-order valence-electron chi connectivity index (χ3n) is 3.23. The molecule has 0 bridgehead atoms. The summed E-state index contributed by atoms with van der Waals surface area (Å²) in [5.41, 5.74) is 1.11. The fourth-order valence-electron chi connectivity index (χ4n) is 2.27. The van der Waals surface area contributed by atoms with Crippen LogP contribution in [-0.4, -0.2) is 34.2 Å². The molecule has 96 valence electrons. The van der Waals surface area contributed by atoms with E-state index in [4.69, 9.17) is 0 Å². The molecule has 1 atom stereocenters. The molecule has 2 amide bonds. The van der Waals surface area contributed by atoms with E-state index < -0.39 is 0 Å². The van der Waals surface area contributed by atoms with Gasteiger partial charge in [-0.3, -0.25) is 19.6 Å². The number of fused-ring (bicyclic) bond motifs is 1. The van der Waals surface area contributed by atoms with E-state index in [1.807, 2.05) is 10.7 Å². The first-order chi connectivity index (χ1) is 8.72. The monoisotopic (exact) mass is 249 g/mol. The predicted molar refractivity (Wildman–Crippen MR) is 63.7 cm³/mol. The Bertz CT molecular complexity index is 472. The Morgan fingerprint density at radius 2 is 2.33 bits per heavy atom. The van der Waals surface area contributed by atoms with Gasteiger partial charge in [-0.05, 0) is 6.42 Å². The molecule has 0 radical (unpaired) electrons. The van der Waals surface area contributed by atoms with Crippen LogP contribution < -0.4 is 16.0 Å². The van der Waals surface area contributed by atoms with Crippen molar-refractivity contribution in [3.63, 3.8) is 0 Å². The number of nitrogens with zero attached hydrogens (tertiary/aromatic N) is 2. The van der Waals surface area contributed by atoms with Crippen LogP contribution in [0.25, 0.3) is 0 Å². The minimum Gasteiger partial charge on any atom is -0.357 e. The average molecular weight is 249 g/mol. The molecule has 2 aliphatic heterocycles. The topological polar surface area (TPSA) is 88.1 Å². The summed E-state index contributed by atoms with van der Waals surface area (Å²) in [5, 5.41) is 13.1. The van der Waals surface area contributed by atoms with Crippen LogP contribution in [0.15, 0.2) is 6.07 Å². The maximum Gasteiger partial charge on any atom is 0.249 e. The summed E-state index contributed by atoms with van der Waals surface area (Å²) in [6.07, 6.45) is 0.892. The Kier molecular flexibility index (Phi) is 2.75. The van der Waals surface area contributed by atoms with Crippen molar-refractivity contribution in [2.75, 3.05) is 11.9 Å². The molecule has 0 aromatic carbocycles. The van der Waals surface area contributed by atoms with E-state index in [0.29, 0.717) is 18.7 Å². The van der Waals surface area contributed by atoms with Crippen LogP contribution in [0.1, 0.15) is 18.5 Å². The number of nitrogens with one attached hydrogen (secondary N) is 3. The molecule has 3 rings (SSSR count). The van der Waals surface area contributed by atoms with Gasteiger partial charge in [-0.25, -0.2) is 0 Å². The van der Waals surface area contributed by atoms with Crippen LogP contribution in [0.4, 0.5) is 5.82 Å². The van der Waals surface area contributed by atoms with E-state index in [1.54, 1.807) is 0 Å². The first kappa shape index (κ1) is 11.2. The first-order valence-electron chi connectivity index (χ1n) is 6.10. The van der Waals surface area contributed by atoms with Gasteiger partial charge in [0.05, 0.1) is 12.2 Å². The lowest BCUT2D eigenvalue weighted by molar-refractivity contribution is -0.133. The maximum atomic E-state index is 11.6. The third-order valence-corrected chi connectivity index (χ3v) is 3.23. The highest BCUT2D eigenvalue weighted by Gasteiger charge is 2.27. The van der Waals surface area contributed by atoms with Crippen LogP contribution >= 0.6 is 0 Å². The van der Waals surface area contributed by atoms with Crippen molar-refractivity contribution >= 4 is 17.6 Å². The zero-order valence-corrected chi connectivity index (χ0v) is 9.90. The first-order valence-corrected chi connectivity index (χ1v) is 6.10. The molecule has 1 fully saturated rings. The lowest BCUT2D eigenvalue weighted by Crippen LogP contribution is -2.47. The van der Waals surface area contributed by atoms with Gasteiger partial charge in [0.25, 0.3) is 0 Å². The van der Waals surface area contributed by atoms with Gasteiger partial charge in [-0.1, -0.05) is 0 Å². The molecular formula is C11H15N5O2. The number of amides is 2. The Morgan fingerprint density at radius 3 is 3.11 bits per heavy atom. The van der Waals surface area contributed by atoms with Gasteiger partial charge in [-0.2, -0.15) is 5.10 Å². The molecule has 3 N–H and O–H groups in total. The Labute approximate surface area is 104 Å². The average Bonchev–Trinajstić information content (AvgIpc) is 2.75. The summed E-state index contributed by atoms with van der Waals surface area (Å²) in [6, 6.07) is 1.57. The number of rotatable bonds is 2. The van der Waals surface area contributed by atoms with E-state index in [1.165, 1.54) is 0 Å². The van der Waals surface area contributed by atoms with E-state index in [2.05, 4.69) is 21.0 Å². The number of carbonyl (C=O) groups excluding carboxylic acids is 2. The van der Waals surface area contributed by atoms with Gasteiger partial charge in [0.1, 0.15) is 11.9 Å². The lowest BCUT2D eigenvalue weighted by atomic mass is 10.1. The van der Waals surface area contributed by atoms with Crippen LogP contribution in [-0.2, 0) is 22.7 Å². The highest BCUT2D eigenvalue weighted by molar-refractivity contribution is 6.01. The number of carbonyl (C=O) groups is 2. The number of aromatic nitrogens is 2. The molecule has 1 aromatic heterocycles.